The third kappa shape index (κ3) is 19.9. The molecule has 0 bridgehead atoms. The van der Waals surface area contributed by atoms with Gasteiger partial charge in [0.2, 0.25) is 0 Å². The fraction of sp³-hybridized carbons (Fsp3) is 0.650. The number of rotatable bonds is 24. The van der Waals surface area contributed by atoms with Crippen molar-refractivity contribution in [2.24, 2.45) is 0 Å². The molecular weight excluding hydrogens is 642 g/mol. The van der Waals surface area contributed by atoms with Crippen LogP contribution in [0.2, 0.25) is 0 Å². The molecular formula is C40H62O6Zn. The van der Waals surface area contributed by atoms with E-state index >= 15 is 0 Å². The molecule has 47 heavy (non-hydrogen) atoms. The summed E-state index contributed by atoms with van der Waals surface area (Å²) in [4.78, 5) is 22.1. The number of carboxylic acids is 2. The van der Waals surface area contributed by atoms with Crippen molar-refractivity contribution in [2.45, 2.75) is 169 Å². The number of carbonyl (C=O) groups is 2. The Labute approximate surface area is 298 Å². The zero-order valence-corrected chi connectivity index (χ0v) is 33.1. The van der Waals surface area contributed by atoms with Gasteiger partial charge in [0.25, 0.3) is 0 Å². The molecule has 0 radical (unpaired) electrons. The van der Waals surface area contributed by atoms with E-state index in [4.69, 9.17) is 10.2 Å². The van der Waals surface area contributed by atoms with Gasteiger partial charge in [-0.1, -0.05) is 164 Å². The summed E-state index contributed by atoms with van der Waals surface area (Å²) in [5.74, 6) is -2.96. The van der Waals surface area contributed by atoms with E-state index in [-0.39, 0.29) is 42.1 Å². The maximum absolute atomic E-state index is 11.7. The smallest absolute Gasteiger partial charge is 0.872 e. The van der Waals surface area contributed by atoms with Crippen molar-refractivity contribution in [3.63, 3.8) is 0 Å². The molecule has 2 aromatic carbocycles. The number of aromatic carboxylic acids is 2. The minimum absolute atomic E-state index is 0. The quantitative estimate of drug-likeness (QED) is 0.0829. The molecule has 7 heteroatoms. The molecule has 0 saturated heterocycles. The largest absolute Gasteiger partial charge is 2.00 e. The summed E-state index contributed by atoms with van der Waals surface area (Å²) in [6.07, 6.45) is 27.5. The van der Waals surface area contributed by atoms with Crippen molar-refractivity contribution in [1.82, 2.24) is 0 Å². The average molecular weight is 704 g/mol. The second kappa shape index (κ2) is 27.5. The van der Waals surface area contributed by atoms with Crippen LogP contribution in [0.25, 0.3) is 0 Å². The molecule has 2 rings (SSSR count). The molecule has 6 nitrogen and oxygen atoms in total. The van der Waals surface area contributed by atoms with Crippen molar-refractivity contribution < 1.29 is 49.5 Å². The first-order valence-corrected chi connectivity index (χ1v) is 18.2. The van der Waals surface area contributed by atoms with Crippen molar-refractivity contribution in [2.75, 3.05) is 0 Å². The van der Waals surface area contributed by atoms with Gasteiger partial charge in [0.1, 0.15) is 0 Å². The van der Waals surface area contributed by atoms with E-state index in [0.717, 1.165) is 36.8 Å². The van der Waals surface area contributed by atoms with Gasteiger partial charge in [0, 0.05) is 0 Å². The van der Waals surface area contributed by atoms with Gasteiger partial charge >= 0.3 is 31.4 Å². The van der Waals surface area contributed by atoms with Gasteiger partial charge in [-0.3, -0.25) is 0 Å². The number of carboxylic acid groups (broad SMARTS) is 2. The molecule has 2 aromatic rings. The molecule has 0 aliphatic rings. The third-order valence-corrected chi connectivity index (χ3v) is 8.77. The van der Waals surface area contributed by atoms with E-state index < -0.39 is 11.9 Å². The predicted molar refractivity (Wildman–Crippen MR) is 186 cm³/mol. The number of unbranched alkanes of at least 4 members (excludes halogenated alkanes) is 18. The zero-order chi connectivity index (χ0) is 34.2. The number of aryl methyl sites for hydroxylation is 4. The van der Waals surface area contributed by atoms with Crippen molar-refractivity contribution in [1.29, 1.82) is 0 Å². The Morgan fingerprint density at radius 3 is 1.00 bits per heavy atom. The molecule has 0 unspecified atom stereocenters. The summed E-state index contributed by atoms with van der Waals surface area (Å²) in [6.45, 7) is 7.87. The number of hydrogen-bond donors (Lipinski definition) is 2. The van der Waals surface area contributed by atoms with E-state index in [1.807, 2.05) is 12.1 Å². The van der Waals surface area contributed by atoms with Crippen LogP contribution in [0.15, 0.2) is 24.3 Å². The Bertz CT molecular complexity index is 1060. The zero-order valence-electron chi connectivity index (χ0n) is 30.1. The van der Waals surface area contributed by atoms with Crippen LogP contribution in [0, 0.1) is 13.8 Å². The van der Waals surface area contributed by atoms with Crippen LogP contribution in [0.5, 0.6) is 11.5 Å². The minimum atomic E-state index is -1.12. The van der Waals surface area contributed by atoms with Gasteiger partial charge < -0.3 is 20.4 Å². The second-order valence-corrected chi connectivity index (χ2v) is 13.1. The molecule has 260 valence electrons. The van der Waals surface area contributed by atoms with Gasteiger partial charge in [0.05, 0.1) is 11.1 Å². The molecule has 0 aliphatic heterocycles. The molecule has 0 aliphatic carbocycles. The fourth-order valence-corrected chi connectivity index (χ4v) is 5.94. The molecule has 0 heterocycles. The summed E-state index contributed by atoms with van der Waals surface area (Å²) in [6, 6.07) is 6.77. The Balaban J connectivity index is 0.000000882. The second-order valence-electron chi connectivity index (χ2n) is 13.1. The Kier molecular flexibility index (Phi) is 26.1. The van der Waals surface area contributed by atoms with Crippen LogP contribution < -0.4 is 10.2 Å². The number of benzene rings is 2. The molecule has 0 amide bonds. The van der Waals surface area contributed by atoms with E-state index in [1.54, 1.807) is 26.0 Å². The normalized spacial score (nSPS) is 10.6. The average Bonchev–Trinajstić information content (AvgIpc) is 3.02. The summed E-state index contributed by atoms with van der Waals surface area (Å²) < 4.78 is 0. The van der Waals surface area contributed by atoms with E-state index in [2.05, 4.69) is 13.8 Å². The summed E-state index contributed by atoms with van der Waals surface area (Å²) in [7, 11) is 0. The van der Waals surface area contributed by atoms with Crippen LogP contribution in [0.1, 0.15) is 185 Å². The first-order valence-electron chi connectivity index (χ1n) is 18.2. The molecule has 0 aromatic heterocycles. The number of hydrogen-bond acceptors (Lipinski definition) is 4. The summed E-state index contributed by atoms with van der Waals surface area (Å²) in [5.41, 5.74) is 2.83. The maximum atomic E-state index is 11.7. The van der Waals surface area contributed by atoms with Crippen LogP contribution >= 0.6 is 0 Å². The minimum Gasteiger partial charge on any atom is -0.872 e. The molecule has 0 saturated carbocycles. The van der Waals surface area contributed by atoms with Gasteiger partial charge in [-0.05, 0) is 62.8 Å². The van der Waals surface area contributed by atoms with E-state index in [9.17, 15) is 19.8 Å². The van der Waals surface area contributed by atoms with Gasteiger partial charge in [0.15, 0.2) is 0 Å². The molecule has 0 fully saturated rings. The van der Waals surface area contributed by atoms with Gasteiger partial charge in [-0.2, -0.15) is 0 Å². The topological polar surface area (TPSA) is 121 Å². The van der Waals surface area contributed by atoms with Crippen LogP contribution in [0.3, 0.4) is 0 Å². The van der Waals surface area contributed by atoms with E-state index in [1.165, 1.54) is 116 Å². The summed E-state index contributed by atoms with van der Waals surface area (Å²) in [5, 5.41) is 41.6. The van der Waals surface area contributed by atoms with Gasteiger partial charge in [-0.15, -0.1) is 0 Å². The van der Waals surface area contributed by atoms with Gasteiger partial charge in [-0.25, -0.2) is 9.59 Å². The predicted octanol–water partition coefficient (Wildman–Crippen LogP) is 10.5. The molecule has 0 spiro atoms. The van der Waals surface area contributed by atoms with Crippen LogP contribution in [-0.4, -0.2) is 22.2 Å². The van der Waals surface area contributed by atoms with Crippen LogP contribution in [-0.2, 0) is 32.3 Å². The fourth-order valence-electron chi connectivity index (χ4n) is 5.94. The van der Waals surface area contributed by atoms with Crippen molar-refractivity contribution in [3.8, 4) is 11.5 Å². The van der Waals surface area contributed by atoms with E-state index in [0.29, 0.717) is 11.1 Å². The SMILES string of the molecule is CCCCCCCCCCCCc1cc(C)c([O-])c(C(=O)O)c1.CCCCCCCCCCCCc1cc(C)c([O-])c(C(=O)O)c1.[Zn+2]. The molecule has 0 atom stereocenters. The Morgan fingerprint density at radius 2 is 0.745 bits per heavy atom. The standard InChI is InChI=1S/2C20H32O3.Zn/c2*1-3-4-5-6-7-8-9-10-11-12-13-17-14-16(2)19(21)18(15-17)20(22)23;/h2*14-15,21H,3-13H2,1-2H3,(H,22,23);/q;;+2/p-2. The monoisotopic (exact) mass is 702 g/mol. The third-order valence-electron chi connectivity index (χ3n) is 8.77. The Morgan fingerprint density at radius 1 is 0.489 bits per heavy atom. The molecule has 2 N–H and O–H groups in total. The first-order chi connectivity index (χ1) is 22.1. The summed E-state index contributed by atoms with van der Waals surface area (Å²) >= 11 is 0. The van der Waals surface area contributed by atoms with Crippen molar-refractivity contribution >= 4 is 11.9 Å². The first kappa shape index (κ1) is 44.6. The Hall–Kier alpha value is -2.40. The maximum Gasteiger partial charge on any atom is 2.00 e. The van der Waals surface area contributed by atoms with Crippen molar-refractivity contribution in [3.05, 3.63) is 57.6 Å². The van der Waals surface area contributed by atoms with Crippen LogP contribution in [0.4, 0.5) is 0 Å².